The van der Waals surface area contributed by atoms with Gasteiger partial charge in [0.1, 0.15) is 11.5 Å². The predicted octanol–water partition coefficient (Wildman–Crippen LogP) is 9.18. The minimum atomic E-state index is -0.145. The first kappa shape index (κ1) is 30.9. The molecule has 0 aromatic heterocycles. The van der Waals surface area contributed by atoms with Crippen LogP contribution in [0.25, 0.3) is 0 Å². The Morgan fingerprint density at radius 3 is 1.38 bits per heavy atom. The van der Waals surface area contributed by atoms with Gasteiger partial charge in [-0.3, -0.25) is 9.98 Å². The van der Waals surface area contributed by atoms with Crippen LogP contribution in [-0.4, -0.2) is 34.7 Å². The summed E-state index contributed by atoms with van der Waals surface area (Å²) in [5, 5.41) is 22.2. The molecule has 0 amide bonds. The number of phenols is 2. The zero-order valence-corrected chi connectivity index (χ0v) is 26.1. The first-order chi connectivity index (χ1) is 18.1. The standard InChI is InChI=1S/C35H52N2O2/c1-11-22(3)24-15-26(32(38)30(17-24)34(5,6)7)20-36-28-13-14-29(19-28)37-21-27-16-25(23(4)12-2)18-31(33(27)39)35(8,9)10/h15-18,20-23,28-29,38-39H,11-14,19H2,1-10H3. The van der Waals surface area contributed by atoms with E-state index in [0.717, 1.165) is 54.4 Å². The summed E-state index contributed by atoms with van der Waals surface area (Å²) in [6.07, 6.45) is 8.70. The molecule has 0 aliphatic heterocycles. The van der Waals surface area contributed by atoms with Crippen molar-refractivity contribution in [2.75, 3.05) is 0 Å². The molecule has 0 radical (unpaired) electrons. The highest BCUT2D eigenvalue weighted by atomic mass is 16.3. The molecule has 1 saturated carbocycles. The van der Waals surface area contributed by atoms with Gasteiger partial charge >= 0.3 is 0 Å². The molecule has 0 spiro atoms. The summed E-state index contributed by atoms with van der Waals surface area (Å²) in [4.78, 5) is 9.83. The fourth-order valence-electron chi connectivity index (χ4n) is 5.32. The SMILES string of the molecule is CCC(C)c1cc(C=NC2CCC(N=Cc3cc(C(C)CC)cc(C(C)(C)C)c3O)C2)c(O)c(C(C)(C)C)c1. The Bertz CT molecular complexity index is 1100. The topological polar surface area (TPSA) is 65.2 Å². The maximum absolute atomic E-state index is 11.1. The number of hydrogen-bond acceptors (Lipinski definition) is 4. The molecule has 4 unspecified atom stereocenters. The Hall–Kier alpha value is -2.62. The molecule has 39 heavy (non-hydrogen) atoms. The number of hydrogen-bond donors (Lipinski definition) is 2. The van der Waals surface area contributed by atoms with Crippen LogP contribution in [0.4, 0.5) is 0 Å². The number of benzene rings is 2. The number of aliphatic imine (C=N–C) groups is 2. The van der Waals surface area contributed by atoms with E-state index < -0.39 is 0 Å². The fraction of sp³-hybridized carbons (Fsp3) is 0.600. The largest absolute Gasteiger partial charge is 0.507 e. The zero-order chi connectivity index (χ0) is 29.1. The van der Waals surface area contributed by atoms with Crippen molar-refractivity contribution in [3.05, 3.63) is 57.6 Å². The highest BCUT2D eigenvalue weighted by molar-refractivity contribution is 5.86. The Morgan fingerprint density at radius 2 is 1.08 bits per heavy atom. The molecule has 2 aromatic carbocycles. The van der Waals surface area contributed by atoms with Crippen LogP contribution in [0.1, 0.15) is 147 Å². The van der Waals surface area contributed by atoms with Gasteiger partial charge in [-0.25, -0.2) is 0 Å². The summed E-state index contributed by atoms with van der Waals surface area (Å²) in [6, 6.07) is 8.90. The molecule has 2 N–H and O–H groups in total. The van der Waals surface area contributed by atoms with E-state index in [2.05, 4.69) is 93.5 Å². The normalized spacial score (nSPS) is 20.3. The quantitative estimate of drug-likeness (QED) is 0.333. The van der Waals surface area contributed by atoms with Crippen molar-refractivity contribution in [2.24, 2.45) is 9.98 Å². The summed E-state index contributed by atoms with van der Waals surface area (Å²) in [7, 11) is 0. The molecule has 0 saturated heterocycles. The van der Waals surface area contributed by atoms with Crippen LogP contribution in [-0.2, 0) is 10.8 Å². The molecule has 4 nitrogen and oxygen atoms in total. The van der Waals surface area contributed by atoms with E-state index in [1.807, 2.05) is 12.4 Å². The van der Waals surface area contributed by atoms with Crippen molar-refractivity contribution >= 4 is 12.4 Å². The second-order valence-electron chi connectivity index (χ2n) is 13.8. The van der Waals surface area contributed by atoms with Crippen molar-refractivity contribution in [2.45, 2.75) is 136 Å². The Balaban J connectivity index is 1.81. The van der Waals surface area contributed by atoms with E-state index in [9.17, 15) is 10.2 Å². The highest BCUT2D eigenvalue weighted by Gasteiger charge is 2.26. The smallest absolute Gasteiger partial charge is 0.128 e. The number of rotatable bonds is 8. The Labute approximate surface area is 237 Å². The van der Waals surface area contributed by atoms with E-state index in [4.69, 9.17) is 9.98 Å². The summed E-state index contributed by atoms with van der Waals surface area (Å²) in [6.45, 7) is 21.7. The molecular weight excluding hydrogens is 480 g/mol. The fourth-order valence-corrected chi connectivity index (χ4v) is 5.32. The minimum absolute atomic E-state index is 0.145. The van der Waals surface area contributed by atoms with Crippen LogP contribution >= 0.6 is 0 Å². The molecule has 4 heteroatoms. The summed E-state index contributed by atoms with van der Waals surface area (Å²) in [5.74, 6) is 1.55. The van der Waals surface area contributed by atoms with Gasteiger partial charge < -0.3 is 10.2 Å². The van der Waals surface area contributed by atoms with E-state index in [-0.39, 0.29) is 22.9 Å². The van der Waals surface area contributed by atoms with Gasteiger partial charge in [-0.2, -0.15) is 0 Å². The predicted molar refractivity (Wildman–Crippen MR) is 168 cm³/mol. The number of nitrogens with zero attached hydrogens (tertiary/aromatic N) is 2. The lowest BCUT2D eigenvalue weighted by atomic mass is 9.82. The Kier molecular flexibility index (Phi) is 9.73. The lowest BCUT2D eigenvalue weighted by Crippen LogP contribution is -2.13. The summed E-state index contributed by atoms with van der Waals surface area (Å²) < 4.78 is 0. The maximum Gasteiger partial charge on any atom is 0.128 e. The number of aromatic hydroxyl groups is 2. The van der Waals surface area contributed by atoms with Gasteiger partial charge in [0.15, 0.2) is 0 Å². The van der Waals surface area contributed by atoms with Crippen molar-refractivity contribution in [3.8, 4) is 11.5 Å². The highest BCUT2D eigenvalue weighted by Crippen LogP contribution is 2.38. The average molecular weight is 533 g/mol. The van der Waals surface area contributed by atoms with Crippen LogP contribution in [0.3, 0.4) is 0 Å². The van der Waals surface area contributed by atoms with Gasteiger partial charge in [0.25, 0.3) is 0 Å². The molecule has 1 aliphatic rings. The molecule has 1 aliphatic carbocycles. The van der Waals surface area contributed by atoms with Crippen LogP contribution < -0.4 is 0 Å². The van der Waals surface area contributed by atoms with Gasteiger partial charge in [-0.1, -0.05) is 81.4 Å². The van der Waals surface area contributed by atoms with E-state index >= 15 is 0 Å². The van der Waals surface area contributed by atoms with Gasteiger partial charge in [0.2, 0.25) is 0 Å². The lowest BCUT2D eigenvalue weighted by molar-refractivity contribution is 0.444. The van der Waals surface area contributed by atoms with Crippen molar-refractivity contribution in [1.29, 1.82) is 0 Å². The summed E-state index contributed by atoms with van der Waals surface area (Å²) in [5.41, 5.74) is 5.79. The van der Waals surface area contributed by atoms with Crippen molar-refractivity contribution in [1.82, 2.24) is 0 Å². The molecule has 0 heterocycles. The van der Waals surface area contributed by atoms with Crippen LogP contribution in [0.5, 0.6) is 11.5 Å². The van der Waals surface area contributed by atoms with Gasteiger partial charge in [-0.15, -0.1) is 0 Å². The van der Waals surface area contributed by atoms with Crippen LogP contribution in [0.15, 0.2) is 34.3 Å². The molecule has 1 fully saturated rings. The second kappa shape index (κ2) is 12.3. The van der Waals surface area contributed by atoms with Crippen LogP contribution in [0.2, 0.25) is 0 Å². The Morgan fingerprint density at radius 1 is 0.718 bits per heavy atom. The molecule has 0 bridgehead atoms. The lowest BCUT2D eigenvalue weighted by Gasteiger charge is -2.24. The number of phenolic OH excluding ortho intramolecular Hbond substituents is 2. The first-order valence-corrected chi connectivity index (χ1v) is 15.0. The molecule has 3 rings (SSSR count). The third-order valence-electron chi connectivity index (χ3n) is 8.53. The zero-order valence-electron chi connectivity index (χ0n) is 26.1. The van der Waals surface area contributed by atoms with E-state index in [1.54, 1.807) is 0 Å². The van der Waals surface area contributed by atoms with Crippen molar-refractivity contribution in [3.63, 3.8) is 0 Å². The second-order valence-corrected chi connectivity index (χ2v) is 13.8. The van der Waals surface area contributed by atoms with Gasteiger partial charge in [0.05, 0.1) is 12.1 Å². The maximum atomic E-state index is 11.1. The van der Waals surface area contributed by atoms with Gasteiger partial charge in [-0.05, 0) is 78.0 Å². The summed E-state index contributed by atoms with van der Waals surface area (Å²) >= 11 is 0. The average Bonchev–Trinajstić information content (AvgIpc) is 3.32. The third kappa shape index (κ3) is 7.52. The van der Waals surface area contributed by atoms with Crippen LogP contribution in [0, 0.1) is 0 Å². The molecule has 2 aromatic rings. The third-order valence-corrected chi connectivity index (χ3v) is 8.53. The first-order valence-electron chi connectivity index (χ1n) is 15.0. The monoisotopic (exact) mass is 532 g/mol. The molecule has 214 valence electrons. The van der Waals surface area contributed by atoms with Crippen molar-refractivity contribution < 1.29 is 10.2 Å². The minimum Gasteiger partial charge on any atom is -0.507 e. The van der Waals surface area contributed by atoms with E-state index in [0.29, 0.717) is 23.3 Å². The van der Waals surface area contributed by atoms with E-state index in [1.165, 1.54) is 11.1 Å². The molecule has 4 atom stereocenters. The molecular formula is C35H52N2O2. The van der Waals surface area contributed by atoms with Gasteiger partial charge in [0, 0.05) is 34.7 Å².